The molecule has 0 fully saturated rings. The second kappa shape index (κ2) is 7.99. The summed E-state index contributed by atoms with van der Waals surface area (Å²) in [6.45, 7) is 9.84. The van der Waals surface area contributed by atoms with E-state index in [1.807, 2.05) is 0 Å². The van der Waals surface area contributed by atoms with Crippen molar-refractivity contribution in [2.24, 2.45) is 4.99 Å². The van der Waals surface area contributed by atoms with Gasteiger partial charge >= 0.3 is 0 Å². The number of ketones is 1. The lowest BCUT2D eigenvalue weighted by molar-refractivity contribution is 0.0996. The van der Waals surface area contributed by atoms with E-state index in [0.29, 0.717) is 10.2 Å². The number of hydrogen-bond donors (Lipinski definition) is 1. The van der Waals surface area contributed by atoms with Crippen LogP contribution in [0.25, 0.3) is 0 Å². The molecular formula is C20H26N2O3S. The number of Topliss-reactive ketones (excluding diaryl/α,β-unsaturated/α-hetero) is 1. The Balaban J connectivity index is 2.51. The van der Waals surface area contributed by atoms with Crippen LogP contribution in [0.4, 0.5) is 0 Å². The molecular weight excluding hydrogens is 348 g/mol. The minimum Gasteiger partial charge on any atom is -0.507 e. The highest BCUT2D eigenvalue weighted by molar-refractivity contribution is 7.04. The summed E-state index contributed by atoms with van der Waals surface area (Å²) in [6.07, 6.45) is 4.98. The van der Waals surface area contributed by atoms with E-state index in [1.165, 1.54) is 36.7 Å². The fraction of sp³-hybridized carbons (Fsp3) is 0.450. The molecule has 1 heterocycles. The molecule has 0 unspecified atom stereocenters. The van der Waals surface area contributed by atoms with Crippen molar-refractivity contribution in [1.29, 1.82) is 0 Å². The van der Waals surface area contributed by atoms with Gasteiger partial charge < -0.3 is 5.11 Å². The lowest BCUT2D eigenvalue weighted by atomic mass is 10.1. The molecule has 26 heavy (non-hydrogen) atoms. The van der Waals surface area contributed by atoms with E-state index in [0.717, 1.165) is 24.8 Å². The number of unbranched alkanes of at least 4 members (excludes halogenated alkanes) is 1. The fourth-order valence-electron chi connectivity index (χ4n) is 2.42. The quantitative estimate of drug-likeness (QED) is 0.793. The Kier molecular flexibility index (Phi) is 6.18. The third kappa shape index (κ3) is 4.69. The van der Waals surface area contributed by atoms with Crippen molar-refractivity contribution in [2.75, 3.05) is 0 Å². The van der Waals surface area contributed by atoms with Crippen molar-refractivity contribution in [1.82, 2.24) is 3.96 Å². The number of hydrogen-bond acceptors (Lipinski definition) is 4. The molecule has 0 aliphatic carbocycles. The van der Waals surface area contributed by atoms with Crippen molar-refractivity contribution in [3.05, 3.63) is 45.8 Å². The summed E-state index contributed by atoms with van der Waals surface area (Å²) >= 11 is 1.44. The molecule has 0 atom stereocenters. The van der Waals surface area contributed by atoms with Gasteiger partial charge in [0.15, 0.2) is 5.78 Å². The molecule has 0 aliphatic rings. The maximum atomic E-state index is 12.7. The SMILES string of the molecule is CCCCc1cn(C(C)(C)C)sc1=NC(=O)c1cc(C(C)=O)ccc1O. The van der Waals surface area contributed by atoms with Gasteiger partial charge in [0.25, 0.3) is 5.91 Å². The molecule has 2 aromatic rings. The average Bonchev–Trinajstić information content (AvgIpc) is 2.96. The number of phenolic OH excluding ortho intramolecular Hbond substituents is 1. The van der Waals surface area contributed by atoms with Crippen molar-refractivity contribution in [3.63, 3.8) is 0 Å². The van der Waals surface area contributed by atoms with E-state index in [-0.39, 0.29) is 22.6 Å². The Morgan fingerprint density at radius 1 is 1.27 bits per heavy atom. The van der Waals surface area contributed by atoms with Gasteiger partial charge in [-0.05, 0) is 70.3 Å². The van der Waals surface area contributed by atoms with Crippen LogP contribution in [0.2, 0.25) is 0 Å². The zero-order valence-electron chi connectivity index (χ0n) is 16.0. The first-order chi connectivity index (χ1) is 12.1. The zero-order chi connectivity index (χ0) is 19.5. The molecule has 1 amide bonds. The maximum Gasteiger partial charge on any atom is 0.282 e. The van der Waals surface area contributed by atoms with Crippen LogP contribution in [0.3, 0.4) is 0 Å². The number of aromatic nitrogens is 1. The second-order valence-electron chi connectivity index (χ2n) is 7.36. The van der Waals surface area contributed by atoms with Crippen molar-refractivity contribution >= 4 is 23.2 Å². The fourth-order valence-corrected chi connectivity index (χ4v) is 3.45. The van der Waals surface area contributed by atoms with Gasteiger partial charge in [0, 0.05) is 22.9 Å². The molecule has 0 saturated carbocycles. The average molecular weight is 375 g/mol. The Bertz CT molecular complexity index is 885. The first-order valence-electron chi connectivity index (χ1n) is 8.78. The molecule has 0 radical (unpaired) electrons. The summed E-state index contributed by atoms with van der Waals surface area (Å²) in [4.78, 5) is 28.5. The molecule has 1 aromatic carbocycles. The highest BCUT2D eigenvalue weighted by Gasteiger charge is 2.17. The summed E-state index contributed by atoms with van der Waals surface area (Å²) in [5.41, 5.74) is 1.36. The minimum absolute atomic E-state index is 0.0508. The number of carbonyl (C=O) groups is 2. The maximum absolute atomic E-state index is 12.7. The number of benzene rings is 1. The summed E-state index contributed by atoms with van der Waals surface area (Å²) < 4.78 is 2.75. The number of carbonyl (C=O) groups excluding carboxylic acids is 2. The number of nitrogens with zero attached hydrogens (tertiary/aromatic N) is 2. The zero-order valence-corrected chi connectivity index (χ0v) is 16.8. The molecule has 0 bridgehead atoms. The molecule has 0 saturated heterocycles. The third-order valence-corrected chi connectivity index (χ3v) is 5.41. The van der Waals surface area contributed by atoms with Crippen LogP contribution >= 0.6 is 11.5 Å². The van der Waals surface area contributed by atoms with Crippen LogP contribution in [0.5, 0.6) is 5.75 Å². The number of phenols is 1. The predicted molar refractivity (Wildman–Crippen MR) is 104 cm³/mol. The highest BCUT2D eigenvalue weighted by Crippen LogP contribution is 2.21. The first kappa shape index (κ1) is 20.1. The summed E-state index contributed by atoms with van der Waals surface area (Å²) in [7, 11) is 0. The van der Waals surface area contributed by atoms with Gasteiger partial charge in [-0.3, -0.25) is 13.5 Å². The van der Waals surface area contributed by atoms with Gasteiger partial charge in [-0.2, -0.15) is 4.99 Å². The highest BCUT2D eigenvalue weighted by atomic mass is 32.1. The Labute approximate surface area is 158 Å². The van der Waals surface area contributed by atoms with Crippen LogP contribution in [0, 0.1) is 0 Å². The molecule has 0 aliphatic heterocycles. The summed E-state index contributed by atoms with van der Waals surface area (Å²) in [5, 5.41) is 10.0. The van der Waals surface area contributed by atoms with E-state index in [2.05, 4.69) is 42.8 Å². The predicted octanol–water partition coefficient (Wildman–Crippen LogP) is 4.30. The van der Waals surface area contributed by atoms with Gasteiger partial charge in [-0.25, -0.2) is 0 Å². The summed E-state index contributed by atoms with van der Waals surface area (Å²) in [6, 6.07) is 4.27. The van der Waals surface area contributed by atoms with Crippen molar-refractivity contribution in [2.45, 2.75) is 59.4 Å². The van der Waals surface area contributed by atoms with Gasteiger partial charge in [0.2, 0.25) is 0 Å². The van der Waals surface area contributed by atoms with E-state index < -0.39 is 5.91 Å². The standard InChI is InChI=1S/C20H26N2O3S/c1-6-7-8-15-12-22(20(3,4)5)26-19(15)21-18(25)16-11-14(13(2)23)9-10-17(16)24/h9-12,24H,6-8H2,1-5H3. The summed E-state index contributed by atoms with van der Waals surface area (Å²) in [5.74, 6) is -0.866. The van der Waals surface area contributed by atoms with Gasteiger partial charge in [0.1, 0.15) is 10.4 Å². The molecule has 6 heteroatoms. The molecule has 2 rings (SSSR count). The Morgan fingerprint density at radius 3 is 2.54 bits per heavy atom. The largest absolute Gasteiger partial charge is 0.507 e. The third-order valence-electron chi connectivity index (χ3n) is 4.03. The number of aromatic hydroxyl groups is 1. The van der Waals surface area contributed by atoms with Crippen LogP contribution in [0.15, 0.2) is 29.4 Å². The number of aryl methyl sites for hydroxylation is 1. The molecule has 1 aromatic heterocycles. The van der Waals surface area contributed by atoms with E-state index in [1.54, 1.807) is 0 Å². The van der Waals surface area contributed by atoms with Gasteiger partial charge in [-0.1, -0.05) is 13.3 Å². The van der Waals surface area contributed by atoms with Crippen LogP contribution in [0.1, 0.15) is 73.7 Å². The van der Waals surface area contributed by atoms with E-state index in [9.17, 15) is 14.7 Å². The Hall–Kier alpha value is -2.21. The minimum atomic E-state index is -0.536. The monoisotopic (exact) mass is 374 g/mol. The van der Waals surface area contributed by atoms with Crippen LogP contribution in [-0.4, -0.2) is 20.8 Å². The topological polar surface area (TPSA) is 71.7 Å². The van der Waals surface area contributed by atoms with Crippen LogP contribution in [-0.2, 0) is 12.0 Å². The Morgan fingerprint density at radius 2 is 1.96 bits per heavy atom. The van der Waals surface area contributed by atoms with Gasteiger partial charge in [0.05, 0.1) is 5.56 Å². The van der Waals surface area contributed by atoms with Crippen LogP contribution < -0.4 is 4.67 Å². The van der Waals surface area contributed by atoms with Gasteiger partial charge in [-0.15, -0.1) is 0 Å². The second-order valence-corrected chi connectivity index (χ2v) is 8.32. The van der Waals surface area contributed by atoms with Crippen molar-refractivity contribution in [3.8, 4) is 5.75 Å². The van der Waals surface area contributed by atoms with Crippen molar-refractivity contribution < 1.29 is 14.7 Å². The molecule has 0 spiro atoms. The smallest absolute Gasteiger partial charge is 0.282 e. The first-order valence-corrected chi connectivity index (χ1v) is 9.56. The van der Waals surface area contributed by atoms with E-state index in [4.69, 9.17) is 0 Å². The van der Waals surface area contributed by atoms with E-state index >= 15 is 0 Å². The lowest BCUT2D eigenvalue weighted by Crippen LogP contribution is -2.18. The number of rotatable bonds is 5. The normalized spacial score (nSPS) is 12.4. The molecule has 1 N–H and O–H groups in total. The molecule has 5 nitrogen and oxygen atoms in total. The lowest BCUT2D eigenvalue weighted by Gasteiger charge is -2.19. The molecule has 140 valence electrons. The number of amides is 1.